The molecule has 106 valence electrons. The maximum Gasteiger partial charge on any atom is 0.0221 e. The van der Waals surface area contributed by atoms with Gasteiger partial charge in [-0.3, -0.25) is 4.90 Å². The lowest BCUT2D eigenvalue weighted by atomic mass is 9.77. The number of rotatable bonds is 6. The van der Waals surface area contributed by atoms with Gasteiger partial charge in [0, 0.05) is 18.6 Å². The maximum atomic E-state index is 3.64. The first kappa shape index (κ1) is 14.3. The summed E-state index contributed by atoms with van der Waals surface area (Å²) >= 11 is 0. The van der Waals surface area contributed by atoms with Gasteiger partial charge in [-0.05, 0) is 57.5 Å². The Morgan fingerprint density at radius 1 is 1.11 bits per heavy atom. The number of fused-ring (bicyclic) bond motifs is 1. The van der Waals surface area contributed by atoms with E-state index in [-0.39, 0.29) is 0 Å². The van der Waals surface area contributed by atoms with Crippen molar-refractivity contribution in [1.82, 2.24) is 10.2 Å². The van der Waals surface area contributed by atoms with Crippen LogP contribution in [0.2, 0.25) is 0 Å². The first-order valence-corrected chi connectivity index (χ1v) is 8.33. The summed E-state index contributed by atoms with van der Waals surface area (Å²) in [5.41, 5.74) is 0. The number of nitrogens with one attached hydrogen (secondary N) is 1. The third-order valence-corrected chi connectivity index (χ3v) is 5.03. The zero-order chi connectivity index (χ0) is 12.8. The standard InChI is InChI=1S/C16H32N2/c1-3-11-17-13-15(4-2)18-12-7-9-14-8-5-6-10-16(14)18/h14-17H,3-13H2,1-2H3. The van der Waals surface area contributed by atoms with Crippen LogP contribution in [-0.4, -0.2) is 36.6 Å². The zero-order valence-corrected chi connectivity index (χ0v) is 12.5. The predicted molar refractivity (Wildman–Crippen MR) is 78.9 cm³/mol. The number of piperidine rings is 1. The Morgan fingerprint density at radius 2 is 1.89 bits per heavy atom. The minimum Gasteiger partial charge on any atom is -0.315 e. The van der Waals surface area contributed by atoms with Gasteiger partial charge in [0.15, 0.2) is 0 Å². The zero-order valence-electron chi connectivity index (χ0n) is 12.5. The van der Waals surface area contributed by atoms with Gasteiger partial charge in [0.2, 0.25) is 0 Å². The number of nitrogens with zero attached hydrogens (tertiary/aromatic N) is 1. The second-order valence-electron chi connectivity index (χ2n) is 6.26. The summed E-state index contributed by atoms with van der Waals surface area (Å²) in [6, 6.07) is 1.70. The highest BCUT2D eigenvalue weighted by Crippen LogP contribution is 2.36. The van der Waals surface area contributed by atoms with E-state index in [2.05, 4.69) is 24.1 Å². The topological polar surface area (TPSA) is 15.3 Å². The number of likely N-dealkylation sites (tertiary alicyclic amines) is 1. The van der Waals surface area contributed by atoms with Crippen LogP contribution in [0.5, 0.6) is 0 Å². The molecule has 0 bridgehead atoms. The summed E-state index contributed by atoms with van der Waals surface area (Å²) in [5, 5.41) is 3.64. The van der Waals surface area contributed by atoms with Gasteiger partial charge in [0.25, 0.3) is 0 Å². The Labute approximate surface area is 114 Å². The van der Waals surface area contributed by atoms with Gasteiger partial charge >= 0.3 is 0 Å². The fraction of sp³-hybridized carbons (Fsp3) is 1.00. The highest BCUT2D eigenvalue weighted by molar-refractivity contribution is 4.90. The van der Waals surface area contributed by atoms with Crippen LogP contribution < -0.4 is 5.32 Å². The van der Waals surface area contributed by atoms with Crippen LogP contribution in [0.3, 0.4) is 0 Å². The van der Waals surface area contributed by atoms with E-state index in [0.717, 1.165) is 18.0 Å². The largest absolute Gasteiger partial charge is 0.315 e. The lowest BCUT2D eigenvalue weighted by molar-refractivity contribution is 0.0244. The van der Waals surface area contributed by atoms with Gasteiger partial charge in [0.05, 0.1) is 0 Å². The van der Waals surface area contributed by atoms with E-state index in [1.165, 1.54) is 71.0 Å². The van der Waals surface area contributed by atoms with Crippen molar-refractivity contribution in [1.29, 1.82) is 0 Å². The molecule has 0 amide bonds. The lowest BCUT2D eigenvalue weighted by Crippen LogP contribution is -2.54. The second-order valence-corrected chi connectivity index (χ2v) is 6.26. The molecule has 1 N–H and O–H groups in total. The summed E-state index contributed by atoms with van der Waals surface area (Å²) in [6.07, 6.45) is 11.4. The lowest BCUT2D eigenvalue weighted by Gasteiger charge is -2.47. The van der Waals surface area contributed by atoms with Crippen LogP contribution in [0.1, 0.15) is 65.2 Å². The van der Waals surface area contributed by atoms with E-state index in [4.69, 9.17) is 0 Å². The summed E-state index contributed by atoms with van der Waals surface area (Å²) in [5.74, 6) is 1.02. The molecule has 1 aliphatic heterocycles. The molecule has 0 aromatic carbocycles. The van der Waals surface area contributed by atoms with Crippen LogP contribution in [0.15, 0.2) is 0 Å². The van der Waals surface area contributed by atoms with Gasteiger partial charge in [-0.2, -0.15) is 0 Å². The van der Waals surface area contributed by atoms with E-state index in [9.17, 15) is 0 Å². The quantitative estimate of drug-likeness (QED) is 0.729. The smallest absolute Gasteiger partial charge is 0.0221 e. The molecule has 1 saturated carbocycles. The van der Waals surface area contributed by atoms with Crippen LogP contribution in [-0.2, 0) is 0 Å². The van der Waals surface area contributed by atoms with Crippen molar-refractivity contribution >= 4 is 0 Å². The number of hydrogen-bond donors (Lipinski definition) is 1. The molecule has 3 unspecified atom stereocenters. The van der Waals surface area contributed by atoms with Crippen LogP contribution in [0.4, 0.5) is 0 Å². The van der Waals surface area contributed by atoms with Gasteiger partial charge in [-0.15, -0.1) is 0 Å². The predicted octanol–water partition coefficient (Wildman–Crippen LogP) is 3.42. The first-order valence-electron chi connectivity index (χ1n) is 8.33. The van der Waals surface area contributed by atoms with Crippen LogP contribution >= 0.6 is 0 Å². The highest BCUT2D eigenvalue weighted by Gasteiger charge is 2.35. The van der Waals surface area contributed by atoms with E-state index in [1.54, 1.807) is 0 Å². The van der Waals surface area contributed by atoms with Crippen molar-refractivity contribution in [2.75, 3.05) is 19.6 Å². The molecule has 1 saturated heterocycles. The molecule has 3 atom stereocenters. The third-order valence-electron chi connectivity index (χ3n) is 5.03. The molecule has 0 spiro atoms. The van der Waals surface area contributed by atoms with Gasteiger partial charge in [-0.1, -0.05) is 26.7 Å². The van der Waals surface area contributed by atoms with Crippen molar-refractivity contribution in [3.05, 3.63) is 0 Å². The molecule has 2 rings (SSSR count). The third kappa shape index (κ3) is 3.48. The Balaban J connectivity index is 1.90. The average molecular weight is 252 g/mol. The molecule has 1 aliphatic carbocycles. The normalized spacial score (nSPS) is 31.0. The molecule has 2 aliphatic rings. The molecule has 2 fully saturated rings. The minimum absolute atomic E-state index is 0.780. The van der Waals surface area contributed by atoms with Crippen molar-refractivity contribution in [3.63, 3.8) is 0 Å². The molecular weight excluding hydrogens is 220 g/mol. The Kier molecular flexibility index (Phi) is 5.97. The van der Waals surface area contributed by atoms with E-state index < -0.39 is 0 Å². The van der Waals surface area contributed by atoms with Gasteiger partial charge in [-0.25, -0.2) is 0 Å². The molecule has 0 aromatic rings. The van der Waals surface area contributed by atoms with Crippen LogP contribution in [0.25, 0.3) is 0 Å². The molecule has 0 aromatic heterocycles. The van der Waals surface area contributed by atoms with Crippen molar-refractivity contribution in [3.8, 4) is 0 Å². The van der Waals surface area contributed by atoms with Crippen molar-refractivity contribution in [2.45, 2.75) is 77.3 Å². The number of hydrogen-bond acceptors (Lipinski definition) is 2. The van der Waals surface area contributed by atoms with Gasteiger partial charge < -0.3 is 5.32 Å². The van der Waals surface area contributed by atoms with Gasteiger partial charge in [0.1, 0.15) is 0 Å². The molecule has 0 radical (unpaired) electrons. The Bertz CT molecular complexity index is 227. The van der Waals surface area contributed by atoms with E-state index >= 15 is 0 Å². The van der Waals surface area contributed by atoms with E-state index in [1.807, 2.05) is 0 Å². The molecule has 18 heavy (non-hydrogen) atoms. The SMILES string of the molecule is CCCNCC(CC)N1CCCC2CCCCC21. The summed E-state index contributed by atoms with van der Waals surface area (Å²) < 4.78 is 0. The first-order chi connectivity index (χ1) is 8.86. The summed E-state index contributed by atoms with van der Waals surface area (Å²) in [6.45, 7) is 8.36. The maximum absolute atomic E-state index is 3.64. The van der Waals surface area contributed by atoms with Crippen molar-refractivity contribution < 1.29 is 0 Å². The molecule has 2 heteroatoms. The minimum atomic E-state index is 0.780. The fourth-order valence-electron chi connectivity index (χ4n) is 4.06. The highest BCUT2D eigenvalue weighted by atomic mass is 15.2. The molecule has 1 heterocycles. The molecular formula is C16H32N2. The second kappa shape index (κ2) is 7.49. The van der Waals surface area contributed by atoms with Crippen LogP contribution in [0, 0.1) is 5.92 Å². The van der Waals surface area contributed by atoms with E-state index in [0.29, 0.717) is 0 Å². The Morgan fingerprint density at radius 3 is 2.67 bits per heavy atom. The monoisotopic (exact) mass is 252 g/mol. The van der Waals surface area contributed by atoms with Crippen molar-refractivity contribution in [2.24, 2.45) is 5.92 Å². The average Bonchev–Trinajstić information content (AvgIpc) is 2.43. The summed E-state index contributed by atoms with van der Waals surface area (Å²) in [4.78, 5) is 2.87. The Hall–Kier alpha value is -0.0800. The molecule has 2 nitrogen and oxygen atoms in total. The summed E-state index contributed by atoms with van der Waals surface area (Å²) in [7, 11) is 0. The fourth-order valence-corrected chi connectivity index (χ4v) is 4.06.